The van der Waals surface area contributed by atoms with Gasteiger partial charge in [-0.05, 0) is 43.2 Å². The van der Waals surface area contributed by atoms with Gasteiger partial charge in [0.05, 0.1) is 24.5 Å². The zero-order chi connectivity index (χ0) is 22.5. The molecule has 0 radical (unpaired) electrons. The zero-order valence-electron chi connectivity index (χ0n) is 17.7. The first-order chi connectivity index (χ1) is 15.6. The van der Waals surface area contributed by atoms with Crippen molar-refractivity contribution in [2.24, 2.45) is 0 Å². The lowest BCUT2D eigenvalue weighted by Gasteiger charge is -2.25. The summed E-state index contributed by atoms with van der Waals surface area (Å²) >= 11 is 0. The van der Waals surface area contributed by atoms with E-state index < -0.39 is 17.7 Å². The molecule has 4 rings (SSSR count). The van der Waals surface area contributed by atoms with Gasteiger partial charge >= 0.3 is 0 Å². The Balaban J connectivity index is 1.73. The van der Waals surface area contributed by atoms with E-state index in [1.165, 1.54) is 17.3 Å². The van der Waals surface area contributed by atoms with Crippen LogP contribution in [0.3, 0.4) is 0 Å². The summed E-state index contributed by atoms with van der Waals surface area (Å²) in [5, 5.41) is 11.0. The predicted molar refractivity (Wildman–Crippen MR) is 118 cm³/mol. The Morgan fingerprint density at radius 1 is 1.09 bits per heavy atom. The first kappa shape index (κ1) is 21.3. The molecule has 0 spiro atoms. The van der Waals surface area contributed by atoms with Gasteiger partial charge in [-0.3, -0.25) is 14.6 Å². The summed E-state index contributed by atoms with van der Waals surface area (Å²) in [7, 11) is 0. The van der Waals surface area contributed by atoms with E-state index in [2.05, 4.69) is 9.97 Å². The van der Waals surface area contributed by atoms with Crippen molar-refractivity contribution in [3.05, 3.63) is 84.2 Å². The molecule has 3 heterocycles. The van der Waals surface area contributed by atoms with Crippen LogP contribution < -0.4 is 4.74 Å². The number of likely N-dealkylation sites (tertiary alicyclic amines) is 1. The highest BCUT2D eigenvalue weighted by Crippen LogP contribution is 2.40. The molecular formula is C24H24N4O4. The number of amides is 1. The number of hydrogen-bond acceptors (Lipinski definition) is 6. The van der Waals surface area contributed by atoms with Gasteiger partial charge in [-0.25, -0.2) is 4.98 Å². The van der Waals surface area contributed by atoms with Gasteiger partial charge in [0.15, 0.2) is 0 Å². The summed E-state index contributed by atoms with van der Waals surface area (Å²) in [5.74, 6) is -0.903. The molecule has 1 atom stereocenters. The molecule has 1 fully saturated rings. The van der Waals surface area contributed by atoms with Crippen LogP contribution in [0.1, 0.15) is 30.5 Å². The van der Waals surface area contributed by atoms with Crippen LogP contribution >= 0.6 is 0 Å². The highest BCUT2D eigenvalue weighted by molar-refractivity contribution is 6.46. The number of aliphatic hydroxyl groups is 1. The minimum absolute atomic E-state index is 0.0671. The highest BCUT2D eigenvalue weighted by atomic mass is 16.5. The fourth-order valence-corrected chi connectivity index (χ4v) is 3.91. The van der Waals surface area contributed by atoms with E-state index in [1.807, 2.05) is 42.0 Å². The van der Waals surface area contributed by atoms with E-state index in [9.17, 15) is 14.7 Å². The Labute approximate surface area is 185 Å². The van der Waals surface area contributed by atoms with Gasteiger partial charge < -0.3 is 19.3 Å². The van der Waals surface area contributed by atoms with Crippen LogP contribution in [0.5, 0.6) is 5.75 Å². The first-order valence-corrected chi connectivity index (χ1v) is 10.5. The average Bonchev–Trinajstić information content (AvgIpc) is 3.42. The predicted octanol–water partition coefficient (Wildman–Crippen LogP) is 3.19. The number of nitrogens with zero attached hydrogens (tertiary/aromatic N) is 4. The first-order valence-electron chi connectivity index (χ1n) is 10.5. The molecule has 2 aromatic heterocycles. The van der Waals surface area contributed by atoms with Crippen molar-refractivity contribution < 1.29 is 19.4 Å². The minimum atomic E-state index is -0.716. The molecule has 0 saturated carbocycles. The monoisotopic (exact) mass is 432 g/mol. The number of carbonyl (C=O) groups is 2. The van der Waals surface area contributed by atoms with Crippen LogP contribution in [-0.4, -0.2) is 49.4 Å². The molecule has 8 nitrogen and oxygen atoms in total. The van der Waals surface area contributed by atoms with Crippen LogP contribution in [0.15, 0.2) is 73.1 Å². The molecule has 1 saturated heterocycles. The maximum Gasteiger partial charge on any atom is 0.295 e. The van der Waals surface area contributed by atoms with Gasteiger partial charge in [0.2, 0.25) is 0 Å². The summed E-state index contributed by atoms with van der Waals surface area (Å²) in [6.45, 7) is 3.38. The molecule has 1 aromatic carbocycles. The number of ketones is 1. The molecule has 164 valence electrons. The second-order valence-corrected chi connectivity index (χ2v) is 7.39. The molecule has 8 heteroatoms. The fourth-order valence-electron chi connectivity index (χ4n) is 3.91. The van der Waals surface area contributed by atoms with Crippen molar-refractivity contribution in [2.75, 3.05) is 13.2 Å². The van der Waals surface area contributed by atoms with Crippen LogP contribution in [0.25, 0.3) is 5.76 Å². The fraction of sp³-hybridized carbons (Fsp3) is 0.250. The summed E-state index contributed by atoms with van der Waals surface area (Å²) < 4.78 is 7.53. The normalized spacial score (nSPS) is 17.7. The Morgan fingerprint density at radius 3 is 2.62 bits per heavy atom. The maximum absolute atomic E-state index is 13.0. The smallest absolute Gasteiger partial charge is 0.295 e. The van der Waals surface area contributed by atoms with E-state index in [0.717, 1.165) is 0 Å². The quantitative estimate of drug-likeness (QED) is 0.334. The number of hydrogen-bond donors (Lipinski definition) is 1. The average molecular weight is 432 g/mol. The van der Waals surface area contributed by atoms with Crippen molar-refractivity contribution in [3.63, 3.8) is 0 Å². The van der Waals surface area contributed by atoms with Crippen LogP contribution in [-0.2, 0) is 16.1 Å². The number of rotatable bonds is 8. The second-order valence-electron chi connectivity index (χ2n) is 7.39. The number of carbonyl (C=O) groups excluding carboxylic acids is 2. The van der Waals surface area contributed by atoms with Gasteiger partial charge in [0.1, 0.15) is 11.5 Å². The van der Waals surface area contributed by atoms with E-state index in [4.69, 9.17) is 4.74 Å². The van der Waals surface area contributed by atoms with Crippen molar-refractivity contribution in [3.8, 4) is 5.75 Å². The second kappa shape index (κ2) is 9.47. The topological polar surface area (TPSA) is 97.5 Å². The van der Waals surface area contributed by atoms with Gasteiger partial charge in [0, 0.05) is 43.4 Å². The molecule has 1 N–H and O–H groups in total. The van der Waals surface area contributed by atoms with Gasteiger partial charge in [0.25, 0.3) is 11.7 Å². The van der Waals surface area contributed by atoms with E-state index in [0.29, 0.717) is 43.0 Å². The van der Waals surface area contributed by atoms with Crippen molar-refractivity contribution in [2.45, 2.75) is 25.9 Å². The van der Waals surface area contributed by atoms with Crippen LogP contribution in [0, 0.1) is 0 Å². The maximum atomic E-state index is 13.0. The van der Waals surface area contributed by atoms with Gasteiger partial charge in [-0.1, -0.05) is 12.1 Å². The summed E-state index contributed by atoms with van der Waals surface area (Å²) in [5.41, 5.74) is 1.20. The van der Waals surface area contributed by atoms with Crippen molar-refractivity contribution in [1.82, 2.24) is 19.4 Å². The van der Waals surface area contributed by atoms with E-state index >= 15 is 0 Å². The zero-order valence-corrected chi connectivity index (χ0v) is 17.7. The molecule has 1 amide bonds. The molecule has 0 bridgehead atoms. The van der Waals surface area contributed by atoms with Crippen molar-refractivity contribution >= 4 is 17.4 Å². The Morgan fingerprint density at radius 2 is 1.91 bits per heavy atom. The SMILES string of the molecule is CCOc1cccc(C2/C(=C(\O)c3ccncc3)C(=O)C(=O)N2CCCn2ccnc2)c1. The number of aliphatic hydroxyl groups excluding tert-OH is 1. The largest absolute Gasteiger partial charge is 0.507 e. The standard InChI is InChI=1S/C24H24N4O4/c1-2-32-19-6-3-5-18(15-19)21-20(22(29)17-7-9-25-10-8-17)23(30)24(31)28(21)13-4-12-27-14-11-26-16-27/h3,5-11,14-16,21,29H,2,4,12-13H2,1H3/b22-20+. The third-order valence-electron chi connectivity index (χ3n) is 5.35. The molecule has 0 aliphatic carbocycles. The number of aromatic nitrogens is 3. The molecule has 1 aliphatic rings. The van der Waals surface area contributed by atoms with Gasteiger partial charge in [-0.2, -0.15) is 0 Å². The highest BCUT2D eigenvalue weighted by Gasteiger charge is 2.45. The van der Waals surface area contributed by atoms with Gasteiger partial charge in [-0.15, -0.1) is 0 Å². The third-order valence-corrected chi connectivity index (χ3v) is 5.35. The number of ether oxygens (including phenoxy) is 1. The molecular weight excluding hydrogens is 408 g/mol. The van der Waals surface area contributed by atoms with Crippen LogP contribution in [0.4, 0.5) is 0 Å². The van der Waals surface area contributed by atoms with Crippen LogP contribution in [0.2, 0.25) is 0 Å². The Bertz CT molecular complexity index is 1130. The Hall–Kier alpha value is -3.94. The molecule has 1 aliphatic heterocycles. The lowest BCUT2D eigenvalue weighted by molar-refractivity contribution is -0.139. The number of imidazole rings is 1. The van der Waals surface area contributed by atoms with E-state index in [1.54, 1.807) is 24.7 Å². The minimum Gasteiger partial charge on any atom is -0.507 e. The van der Waals surface area contributed by atoms with Crippen molar-refractivity contribution in [1.29, 1.82) is 0 Å². The summed E-state index contributed by atoms with van der Waals surface area (Å²) in [6, 6.07) is 9.78. The third kappa shape index (κ3) is 4.25. The lowest BCUT2D eigenvalue weighted by atomic mass is 9.95. The summed E-state index contributed by atoms with van der Waals surface area (Å²) in [4.78, 5) is 35.6. The summed E-state index contributed by atoms with van der Waals surface area (Å²) in [6.07, 6.45) is 8.93. The number of benzene rings is 1. The Kier molecular flexibility index (Phi) is 6.30. The lowest BCUT2D eigenvalue weighted by Crippen LogP contribution is -2.31. The van der Waals surface area contributed by atoms with E-state index in [-0.39, 0.29) is 11.3 Å². The number of aryl methyl sites for hydroxylation is 1. The molecule has 32 heavy (non-hydrogen) atoms. The number of Topliss-reactive ketones (excluding diaryl/α,β-unsaturated/α-hetero) is 1. The molecule has 1 unspecified atom stereocenters. The number of pyridine rings is 1. The molecule has 3 aromatic rings.